The summed E-state index contributed by atoms with van der Waals surface area (Å²) < 4.78 is 0. The van der Waals surface area contributed by atoms with Crippen LogP contribution in [-0.2, 0) is 4.79 Å². The molecule has 7 heteroatoms. The van der Waals surface area contributed by atoms with Crippen LogP contribution in [0.15, 0.2) is 58.5 Å². The largest absolute Gasteiger partial charge is 0.324 e. The SMILES string of the molecule is O=C(CSC1=NC2(CCCCC2)N=C1c1ccccc1)Nc1cc(Cl)ccc1Cl. The molecule has 1 N–H and O–H groups in total. The number of aliphatic imine (C=N–C) groups is 2. The number of carbonyl (C=O) groups is 1. The van der Waals surface area contributed by atoms with E-state index in [1.807, 2.05) is 30.3 Å². The summed E-state index contributed by atoms with van der Waals surface area (Å²) >= 11 is 13.6. The molecule has 0 aromatic heterocycles. The van der Waals surface area contributed by atoms with E-state index in [0.717, 1.165) is 42.0 Å². The highest BCUT2D eigenvalue weighted by atomic mass is 35.5. The lowest BCUT2D eigenvalue weighted by molar-refractivity contribution is -0.113. The monoisotopic (exact) mass is 445 g/mol. The van der Waals surface area contributed by atoms with E-state index in [1.54, 1.807) is 18.2 Å². The molecule has 4 rings (SSSR count). The Morgan fingerprint density at radius 1 is 1.03 bits per heavy atom. The highest BCUT2D eigenvalue weighted by molar-refractivity contribution is 8.16. The van der Waals surface area contributed by atoms with Gasteiger partial charge < -0.3 is 5.32 Å². The number of nitrogens with zero attached hydrogens (tertiary/aromatic N) is 2. The Morgan fingerprint density at radius 2 is 1.79 bits per heavy atom. The lowest BCUT2D eigenvalue weighted by Crippen LogP contribution is -2.25. The zero-order valence-corrected chi connectivity index (χ0v) is 18.2. The first kappa shape index (κ1) is 20.5. The predicted molar refractivity (Wildman–Crippen MR) is 124 cm³/mol. The number of anilines is 1. The summed E-state index contributed by atoms with van der Waals surface area (Å²) in [6.07, 6.45) is 5.45. The van der Waals surface area contributed by atoms with Gasteiger partial charge in [0.2, 0.25) is 5.91 Å². The molecule has 4 nitrogen and oxygen atoms in total. The molecule has 1 spiro atoms. The molecule has 1 aliphatic heterocycles. The number of hydrogen-bond acceptors (Lipinski definition) is 4. The van der Waals surface area contributed by atoms with Gasteiger partial charge in [-0.1, -0.05) is 71.7 Å². The Kier molecular flexibility index (Phi) is 6.28. The van der Waals surface area contributed by atoms with Crippen LogP contribution in [0.5, 0.6) is 0 Å². The van der Waals surface area contributed by atoms with Crippen molar-refractivity contribution in [2.75, 3.05) is 11.1 Å². The minimum atomic E-state index is -0.349. The molecular formula is C22H21Cl2N3OS. The van der Waals surface area contributed by atoms with Crippen LogP contribution >= 0.6 is 35.0 Å². The van der Waals surface area contributed by atoms with E-state index in [9.17, 15) is 4.79 Å². The molecule has 0 saturated heterocycles. The minimum absolute atomic E-state index is 0.154. The van der Waals surface area contributed by atoms with E-state index in [0.29, 0.717) is 15.7 Å². The molecule has 29 heavy (non-hydrogen) atoms. The fourth-order valence-electron chi connectivity index (χ4n) is 3.66. The van der Waals surface area contributed by atoms with E-state index in [-0.39, 0.29) is 17.3 Å². The van der Waals surface area contributed by atoms with Crippen molar-refractivity contribution in [2.24, 2.45) is 9.98 Å². The van der Waals surface area contributed by atoms with Gasteiger partial charge in [-0.05, 0) is 43.9 Å². The smallest absolute Gasteiger partial charge is 0.234 e. The topological polar surface area (TPSA) is 53.8 Å². The third-order valence-corrected chi connectivity index (χ3v) is 6.61. The summed E-state index contributed by atoms with van der Waals surface area (Å²) in [6, 6.07) is 15.1. The third kappa shape index (κ3) is 4.85. The third-order valence-electron chi connectivity index (χ3n) is 5.08. The Labute approximate surface area is 184 Å². The maximum atomic E-state index is 12.5. The number of halogens is 2. The van der Waals surface area contributed by atoms with Gasteiger partial charge in [-0.2, -0.15) is 0 Å². The summed E-state index contributed by atoms with van der Waals surface area (Å²) in [7, 11) is 0. The molecule has 2 aromatic carbocycles. The minimum Gasteiger partial charge on any atom is -0.324 e. The molecule has 0 atom stereocenters. The summed E-state index contributed by atoms with van der Waals surface area (Å²) in [5, 5.41) is 4.65. The van der Waals surface area contributed by atoms with E-state index in [4.69, 9.17) is 33.2 Å². The van der Waals surface area contributed by atoms with Crippen molar-refractivity contribution in [3.63, 3.8) is 0 Å². The molecule has 1 aliphatic carbocycles. The van der Waals surface area contributed by atoms with Crippen LogP contribution < -0.4 is 5.32 Å². The van der Waals surface area contributed by atoms with Gasteiger partial charge in [0.15, 0.2) is 5.66 Å². The first-order valence-electron chi connectivity index (χ1n) is 9.68. The maximum Gasteiger partial charge on any atom is 0.234 e. The second-order valence-electron chi connectivity index (χ2n) is 7.25. The molecule has 0 unspecified atom stereocenters. The van der Waals surface area contributed by atoms with E-state index < -0.39 is 0 Å². The molecule has 0 bridgehead atoms. The van der Waals surface area contributed by atoms with Gasteiger partial charge in [0.25, 0.3) is 0 Å². The first-order valence-corrected chi connectivity index (χ1v) is 11.4. The number of hydrogen-bond donors (Lipinski definition) is 1. The fraction of sp³-hybridized carbons (Fsp3) is 0.318. The van der Waals surface area contributed by atoms with Crippen LogP contribution in [0.3, 0.4) is 0 Å². The molecule has 1 fully saturated rings. The number of nitrogens with one attached hydrogen (secondary N) is 1. The van der Waals surface area contributed by atoms with Gasteiger partial charge in [-0.15, -0.1) is 0 Å². The molecule has 150 valence electrons. The molecule has 1 amide bonds. The van der Waals surface area contributed by atoms with Gasteiger partial charge in [0.1, 0.15) is 5.04 Å². The molecule has 1 heterocycles. The van der Waals surface area contributed by atoms with Crippen molar-refractivity contribution in [1.82, 2.24) is 0 Å². The Hall–Kier alpha value is -1.82. The van der Waals surface area contributed by atoms with Crippen LogP contribution in [-0.4, -0.2) is 28.1 Å². The summed E-state index contributed by atoms with van der Waals surface area (Å²) in [6.45, 7) is 0. The second kappa shape index (κ2) is 8.90. The van der Waals surface area contributed by atoms with Crippen LogP contribution in [0.4, 0.5) is 5.69 Å². The number of benzene rings is 2. The van der Waals surface area contributed by atoms with Crippen molar-refractivity contribution in [3.8, 4) is 0 Å². The number of carbonyl (C=O) groups excluding carboxylic acids is 1. The zero-order valence-electron chi connectivity index (χ0n) is 15.8. The average molecular weight is 446 g/mol. The molecule has 2 aliphatic rings. The highest BCUT2D eigenvalue weighted by Crippen LogP contribution is 2.38. The number of rotatable bonds is 4. The van der Waals surface area contributed by atoms with Crippen molar-refractivity contribution in [2.45, 2.75) is 37.8 Å². The van der Waals surface area contributed by atoms with Crippen LogP contribution in [0.2, 0.25) is 10.0 Å². The molecule has 0 radical (unpaired) electrons. The zero-order chi connectivity index (χ0) is 20.3. The maximum absolute atomic E-state index is 12.5. The van der Waals surface area contributed by atoms with Crippen LogP contribution in [0.1, 0.15) is 37.7 Å². The molecular weight excluding hydrogens is 425 g/mol. The Bertz CT molecular complexity index is 969. The van der Waals surface area contributed by atoms with Crippen molar-refractivity contribution >= 4 is 57.3 Å². The van der Waals surface area contributed by atoms with Gasteiger partial charge in [-0.25, -0.2) is 4.99 Å². The average Bonchev–Trinajstić information content (AvgIpc) is 3.08. The van der Waals surface area contributed by atoms with Gasteiger partial charge in [0.05, 0.1) is 22.2 Å². The predicted octanol–water partition coefficient (Wildman–Crippen LogP) is 6.23. The first-order chi connectivity index (χ1) is 14.0. The normalized spacial score (nSPS) is 17.7. The number of thioether (sulfide) groups is 1. The fourth-order valence-corrected chi connectivity index (χ4v) is 4.87. The Balaban J connectivity index is 1.50. The van der Waals surface area contributed by atoms with Crippen LogP contribution in [0.25, 0.3) is 0 Å². The van der Waals surface area contributed by atoms with Crippen molar-refractivity contribution in [3.05, 3.63) is 64.1 Å². The number of amides is 1. The van der Waals surface area contributed by atoms with Crippen LogP contribution in [0, 0.1) is 0 Å². The van der Waals surface area contributed by atoms with Crippen molar-refractivity contribution < 1.29 is 4.79 Å². The standard InChI is InChI=1S/C22H21Cl2N3OS/c23-16-9-10-17(24)18(13-16)25-19(28)14-29-21-20(15-7-3-1-4-8-15)26-22(27-21)11-5-2-6-12-22/h1,3-4,7-10,13H,2,5-6,11-12,14H2,(H,25,28). The van der Waals surface area contributed by atoms with E-state index in [2.05, 4.69) is 5.32 Å². The Morgan fingerprint density at radius 3 is 2.55 bits per heavy atom. The van der Waals surface area contributed by atoms with Gasteiger partial charge in [-0.3, -0.25) is 9.79 Å². The van der Waals surface area contributed by atoms with Crippen molar-refractivity contribution in [1.29, 1.82) is 0 Å². The quantitative estimate of drug-likeness (QED) is 0.606. The summed E-state index contributed by atoms with van der Waals surface area (Å²) in [5.74, 6) is 0.0720. The summed E-state index contributed by atoms with van der Waals surface area (Å²) in [4.78, 5) is 22.6. The summed E-state index contributed by atoms with van der Waals surface area (Å²) in [5.41, 5.74) is 2.10. The van der Waals surface area contributed by atoms with E-state index >= 15 is 0 Å². The lowest BCUT2D eigenvalue weighted by atomic mass is 9.90. The van der Waals surface area contributed by atoms with Gasteiger partial charge >= 0.3 is 0 Å². The van der Waals surface area contributed by atoms with E-state index in [1.165, 1.54) is 18.2 Å². The lowest BCUT2D eigenvalue weighted by Gasteiger charge is -2.27. The van der Waals surface area contributed by atoms with Gasteiger partial charge in [0, 0.05) is 10.6 Å². The molecule has 2 aromatic rings. The second-order valence-corrected chi connectivity index (χ2v) is 9.06. The highest BCUT2D eigenvalue weighted by Gasteiger charge is 2.37. The molecule has 1 saturated carbocycles.